The number of ether oxygens (including phenoxy) is 1. The molecule has 0 saturated heterocycles. The Hall–Kier alpha value is -1.65. The van der Waals surface area contributed by atoms with Gasteiger partial charge in [-0.25, -0.2) is 0 Å². The van der Waals surface area contributed by atoms with E-state index in [-0.39, 0.29) is 18.6 Å². The molecule has 16 heavy (non-hydrogen) atoms. The molecule has 0 aliphatic carbocycles. The van der Waals surface area contributed by atoms with Crippen molar-refractivity contribution in [3.63, 3.8) is 0 Å². The van der Waals surface area contributed by atoms with E-state index < -0.39 is 12.6 Å². The first kappa shape index (κ1) is 12.4. The molecule has 1 N–H and O–H groups in total. The molecule has 1 rings (SSSR count). The molecule has 0 amide bonds. The summed E-state index contributed by atoms with van der Waals surface area (Å²) in [4.78, 5) is 10.4. The van der Waals surface area contributed by atoms with Gasteiger partial charge in [-0.3, -0.25) is 4.79 Å². The van der Waals surface area contributed by atoms with Crippen LogP contribution in [0.1, 0.15) is 17.5 Å². The lowest BCUT2D eigenvalue weighted by molar-refractivity contribution is -0.136. The summed E-state index contributed by atoms with van der Waals surface area (Å²) >= 11 is 0. The summed E-state index contributed by atoms with van der Waals surface area (Å²) in [6.45, 7) is -1.17. The van der Waals surface area contributed by atoms with Crippen molar-refractivity contribution in [3.05, 3.63) is 29.3 Å². The normalized spacial score (nSPS) is 10.5. The number of alkyl halides is 2. The van der Waals surface area contributed by atoms with Crippen LogP contribution in [0.2, 0.25) is 0 Å². The lowest BCUT2D eigenvalue weighted by atomic mass is 10.0. The van der Waals surface area contributed by atoms with E-state index in [1.165, 1.54) is 6.07 Å². The molecule has 5 heteroatoms. The van der Waals surface area contributed by atoms with Crippen molar-refractivity contribution in [1.82, 2.24) is 0 Å². The Morgan fingerprint density at radius 3 is 2.75 bits per heavy atom. The summed E-state index contributed by atoms with van der Waals surface area (Å²) in [5.74, 6) is -0.914. The highest BCUT2D eigenvalue weighted by atomic mass is 19.3. The van der Waals surface area contributed by atoms with Crippen molar-refractivity contribution >= 4 is 5.97 Å². The Morgan fingerprint density at radius 1 is 1.50 bits per heavy atom. The molecule has 0 fully saturated rings. The average molecular weight is 230 g/mol. The molecule has 0 unspecified atom stereocenters. The van der Waals surface area contributed by atoms with E-state index in [2.05, 4.69) is 4.74 Å². The summed E-state index contributed by atoms with van der Waals surface area (Å²) in [6.07, 6.45) is 0.0779. The van der Waals surface area contributed by atoms with Gasteiger partial charge in [-0.05, 0) is 30.5 Å². The number of carboxylic acid groups (broad SMARTS) is 1. The Morgan fingerprint density at radius 2 is 2.19 bits per heavy atom. The van der Waals surface area contributed by atoms with Gasteiger partial charge in [0.2, 0.25) is 0 Å². The van der Waals surface area contributed by atoms with Crippen molar-refractivity contribution in [1.29, 1.82) is 0 Å². The Bertz CT molecular complexity index is 377. The van der Waals surface area contributed by atoms with Crippen molar-refractivity contribution < 1.29 is 23.4 Å². The first-order valence-corrected chi connectivity index (χ1v) is 4.76. The largest absolute Gasteiger partial charge is 0.481 e. The Kier molecular flexibility index (Phi) is 4.22. The lowest BCUT2D eigenvalue weighted by Crippen LogP contribution is -2.07. The summed E-state index contributed by atoms with van der Waals surface area (Å²) in [5, 5.41) is 8.55. The zero-order valence-corrected chi connectivity index (χ0v) is 8.74. The van der Waals surface area contributed by atoms with Crippen LogP contribution in [0.3, 0.4) is 0 Å². The number of rotatable bonds is 5. The van der Waals surface area contributed by atoms with Gasteiger partial charge in [0.05, 0.1) is 0 Å². The van der Waals surface area contributed by atoms with Gasteiger partial charge in [0.1, 0.15) is 5.75 Å². The Balaban J connectivity index is 2.89. The van der Waals surface area contributed by atoms with Gasteiger partial charge in [-0.15, -0.1) is 0 Å². The van der Waals surface area contributed by atoms with Crippen LogP contribution in [0.4, 0.5) is 8.78 Å². The second kappa shape index (κ2) is 5.44. The van der Waals surface area contributed by atoms with Crippen LogP contribution in [-0.2, 0) is 11.2 Å². The van der Waals surface area contributed by atoms with Crippen molar-refractivity contribution in [3.8, 4) is 5.75 Å². The van der Waals surface area contributed by atoms with Crippen LogP contribution in [0.5, 0.6) is 5.75 Å². The summed E-state index contributed by atoms with van der Waals surface area (Å²) in [7, 11) is 0. The Labute approximate surface area is 91.7 Å². The molecule has 88 valence electrons. The van der Waals surface area contributed by atoms with Crippen molar-refractivity contribution in [2.75, 3.05) is 0 Å². The zero-order valence-electron chi connectivity index (χ0n) is 8.74. The summed E-state index contributed by atoms with van der Waals surface area (Å²) < 4.78 is 28.5. The number of aryl methyl sites for hydroxylation is 1. The van der Waals surface area contributed by atoms with Crippen LogP contribution in [0.15, 0.2) is 18.2 Å². The van der Waals surface area contributed by atoms with Gasteiger partial charge < -0.3 is 9.84 Å². The lowest BCUT2D eigenvalue weighted by Gasteiger charge is -2.12. The van der Waals surface area contributed by atoms with Crippen LogP contribution in [0, 0.1) is 6.92 Å². The minimum atomic E-state index is -2.90. The molecular weight excluding hydrogens is 218 g/mol. The van der Waals surface area contributed by atoms with Gasteiger partial charge in [0.15, 0.2) is 0 Å². The fourth-order valence-corrected chi connectivity index (χ4v) is 1.43. The predicted octanol–water partition coefficient (Wildman–Crippen LogP) is 2.61. The first-order chi connectivity index (χ1) is 7.50. The zero-order chi connectivity index (χ0) is 12.1. The second-order valence-electron chi connectivity index (χ2n) is 3.32. The average Bonchev–Trinajstić information content (AvgIpc) is 2.15. The maximum Gasteiger partial charge on any atom is 0.387 e. The molecule has 0 aromatic heterocycles. The topological polar surface area (TPSA) is 46.5 Å². The van der Waals surface area contributed by atoms with Crippen LogP contribution in [-0.4, -0.2) is 17.7 Å². The van der Waals surface area contributed by atoms with Gasteiger partial charge in [-0.1, -0.05) is 12.1 Å². The summed E-state index contributed by atoms with van der Waals surface area (Å²) in [5.41, 5.74) is 1.27. The SMILES string of the molecule is Cc1cccc(OC(F)F)c1CCC(=O)O. The highest BCUT2D eigenvalue weighted by Gasteiger charge is 2.12. The fourth-order valence-electron chi connectivity index (χ4n) is 1.43. The molecular formula is C11H12F2O3. The van der Waals surface area contributed by atoms with E-state index in [0.29, 0.717) is 5.56 Å². The van der Waals surface area contributed by atoms with Crippen molar-refractivity contribution in [2.45, 2.75) is 26.4 Å². The molecule has 0 spiro atoms. The second-order valence-corrected chi connectivity index (χ2v) is 3.32. The number of hydrogen-bond acceptors (Lipinski definition) is 2. The van der Waals surface area contributed by atoms with Crippen molar-refractivity contribution in [2.24, 2.45) is 0 Å². The van der Waals surface area contributed by atoms with E-state index in [0.717, 1.165) is 5.56 Å². The van der Waals surface area contributed by atoms with Gasteiger partial charge in [0, 0.05) is 6.42 Å². The molecule has 1 aromatic rings. The molecule has 0 saturated carbocycles. The molecule has 0 aliphatic rings. The third-order valence-electron chi connectivity index (χ3n) is 2.17. The van der Waals surface area contributed by atoms with Gasteiger partial charge >= 0.3 is 12.6 Å². The number of carbonyl (C=O) groups is 1. The standard InChI is InChI=1S/C11H12F2O3/c1-7-3-2-4-9(16-11(12)13)8(7)5-6-10(14)15/h2-4,11H,5-6H2,1H3,(H,14,15). The maximum atomic E-state index is 12.1. The molecule has 3 nitrogen and oxygen atoms in total. The minimum Gasteiger partial charge on any atom is -0.481 e. The highest BCUT2D eigenvalue weighted by molar-refractivity contribution is 5.67. The van der Waals surface area contributed by atoms with E-state index in [9.17, 15) is 13.6 Å². The quantitative estimate of drug-likeness (QED) is 0.845. The molecule has 0 heterocycles. The maximum absolute atomic E-state index is 12.1. The minimum absolute atomic E-state index is 0.0521. The highest BCUT2D eigenvalue weighted by Crippen LogP contribution is 2.25. The molecule has 0 radical (unpaired) electrons. The molecule has 1 aromatic carbocycles. The third-order valence-corrected chi connectivity index (χ3v) is 2.17. The van der Waals surface area contributed by atoms with E-state index in [1.54, 1.807) is 19.1 Å². The number of hydrogen-bond donors (Lipinski definition) is 1. The van der Waals surface area contributed by atoms with Crippen LogP contribution >= 0.6 is 0 Å². The molecule has 0 atom stereocenters. The number of carboxylic acids is 1. The van der Waals surface area contributed by atoms with Crippen LogP contribution < -0.4 is 4.74 Å². The fraction of sp³-hybridized carbons (Fsp3) is 0.364. The number of halogens is 2. The van der Waals surface area contributed by atoms with E-state index in [1.807, 2.05) is 0 Å². The number of aliphatic carboxylic acids is 1. The van der Waals surface area contributed by atoms with Gasteiger partial charge in [-0.2, -0.15) is 8.78 Å². The monoisotopic (exact) mass is 230 g/mol. The molecule has 0 bridgehead atoms. The number of benzene rings is 1. The predicted molar refractivity (Wildman–Crippen MR) is 53.8 cm³/mol. The van der Waals surface area contributed by atoms with E-state index >= 15 is 0 Å². The molecule has 0 aliphatic heterocycles. The first-order valence-electron chi connectivity index (χ1n) is 4.76. The van der Waals surface area contributed by atoms with E-state index in [4.69, 9.17) is 5.11 Å². The van der Waals surface area contributed by atoms with Crippen LogP contribution in [0.25, 0.3) is 0 Å². The smallest absolute Gasteiger partial charge is 0.387 e. The third kappa shape index (κ3) is 3.49. The van der Waals surface area contributed by atoms with Gasteiger partial charge in [0.25, 0.3) is 0 Å². The summed E-state index contributed by atoms with van der Waals surface area (Å²) in [6, 6.07) is 4.74.